The Morgan fingerprint density at radius 2 is 1.93 bits per heavy atom. The van der Waals surface area contributed by atoms with Gasteiger partial charge in [0.15, 0.2) is 17.5 Å². The van der Waals surface area contributed by atoms with Gasteiger partial charge >= 0.3 is 0 Å². The average Bonchev–Trinajstić information content (AvgIpc) is 3.08. The molecule has 1 aromatic carbocycles. The first kappa shape index (κ1) is 22.1. The van der Waals surface area contributed by atoms with Crippen molar-refractivity contribution in [1.82, 2.24) is 10.2 Å². The number of methoxy groups -OCH3 is 2. The van der Waals surface area contributed by atoms with Gasteiger partial charge in [-0.25, -0.2) is 0 Å². The van der Waals surface area contributed by atoms with Crippen LogP contribution in [0.3, 0.4) is 0 Å². The maximum Gasteiger partial charge on any atom is 0.194 e. The zero-order valence-corrected chi connectivity index (χ0v) is 18.9. The topological polar surface area (TPSA) is 66.3 Å². The molecule has 0 saturated heterocycles. The van der Waals surface area contributed by atoms with E-state index in [2.05, 4.69) is 29.3 Å². The molecule has 1 aromatic rings. The molecule has 1 fully saturated rings. The van der Waals surface area contributed by atoms with Crippen molar-refractivity contribution in [2.45, 2.75) is 45.3 Å². The molecule has 0 amide bonds. The van der Waals surface area contributed by atoms with Gasteiger partial charge in [0.05, 0.1) is 20.3 Å². The van der Waals surface area contributed by atoms with Crippen molar-refractivity contribution in [3.63, 3.8) is 0 Å². The number of rotatable bonds is 5. The Hall–Kier alpha value is -1.22. The second-order valence-electron chi connectivity index (χ2n) is 7.10. The minimum atomic E-state index is -0.194. The first-order valence-electron chi connectivity index (χ1n) is 9.61. The lowest BCUT2D eigenvalue weighted by atomic mass is 9.99. The van der Waals surface area contributed by atoms with Crippen LogP contribution < -0.4 is 14.8 Å². The van der Waals surface area contributed by atoms with Crippen molar-refractivity contribution in [2.24, 2.45) is 10.9 Å². The molecule has 1 heterocycles. The Balaban J connectivity index is 0.00000261. The van der Waals surface area contributed by atoms with E-state index in [0.717, 1.165) is 62.8 Å². The van der Waals surface area contributed by atoms with Gasteiger partial charge < -0.3 is 24.8 Å². The summed E-state index contributed by atoms with van der Waals surface area (Å²) in [7, 11) is 3.34. The molecule has 27 heavy (non-hydrogen) atoms. The number of hydrogen-bond acceptors (Lipinski definition) is 4. The molecule has 2 unspecified atom stereocenters. The molecule has 6 nitrogen and oxygen atoms in total. The van der Waals surface area contributed by atoms with Gasteiger partial charge in [-0.05, 0) is 49.4 Å². The van der Waals surface area contributed by atoms with Gasteiger partial charge in [-0.1, -0.05) is 6.42 Å². The summed E-state index contributed by atoms with van der Waals surface area (Å²) in [5.41, 5.74) is 2.56. The summed E-state index contributed by atoms with van der Waals surface area (Å²) in [5, 5.41) is 13.5. The van der Waals surface area contributed by atoms with E-state index in [1.165, 1.54) is 11.1 Å². The SMILES string of the molecule is CCNC(=NCC1CCCC1O)N1CCc2cc(OC)c(OC)cc2C1.I. The summed E-state index contributed by atoms with van der Waals surface area (Å²) in [5.74, 6) is 2.79. The lowest BCUT2D eigenvalue weighted by Crippen LogP contribution is -2.44. The molecule has 7 heteroatoms. The molecule has 2 atom stereocenters. The number of halogens is 1. The van der Waals surface area contributed by atoms with Gasteiger partial charge in [0.1, 0.15) is 0 Å². The highest BCUT2D eigenvalue weighted by Gasteiger charge is 2.26. The van der Waals surface area contributed by atoms with Crippen molar-refractivity contribution in [2.75, 3.05) is 33.9 Å². The fraction of sp³-hybridized carbons (Fsp3) is 0.650. The Labute approximate surface area is 179 Å². The number of benzene rings is 1. The third-order valence-electron chi connectivity index (χ3n) is 5.45. The van der Waals surface area contributed by atoms with Crippen LogP contribution in [0.2, 0.25) is 0 Å². The van der Waals surface area contributed by atoms with Gasteiger partial charge in [0.25, 0.3) is 0 Å². The highest BCUT2D eigenvalue weighted by atomic mass is 127. The molecule has 1 aliphatic heterocycles. The summed E-state index contributed by atoms with van der Waals surface area (Å²) < 4.78 is 10.9. The van der Waals surface area contributed by atoms with Crippen molar-refractivity contribution < 1.29 is 14.6 Å². The number of nitrogens with zero attached hydrogens (tertiary/aromatic N) is 2. The molecule has 1 saturated carbocycles. The Kier molecular flexibility index (Phi) is 8.47. The summed E-state index contributed by atoms with van der Waals surface area (Å²) in [6, 6.07) is 4.16. The Bertz CT molecular complexity index is 654. The van der Waals surface area contributed by atoms with Crippen LogP contribution in [0.25, 0.3) is 0 Å². The van der Waals surface area contributed by atoms with Crippen molar-refractivity contribution in [3.05, 3.63) is 23.3 Å². The number of hydrogen-bond donors (Lipinski definition) is 2. The molecule has 152 valence electrons. The maximum absolute atomic E-state index is 10.1. The van der Waals surface area contributed by atoms with E-state index in [1.54, 1.807) is 14.2 Å². The number of fused-ring (bicyclic) bond motifs is 1. The van der Waals surface area contributed by atoms with Gasteiger partial charge in [-0.15, -0.1) is 24.0 Å². The Morgan fingerprint density at radius 3 is 2.52 bits per heavy atom. The predicted molar refractivity (Wildman–Crippen MR) is 118 cm³/mol. The van der Waals surface area contributed by atoms with Crippen LogP contribution in [0.5, 0.6) is 11.5 Å². The summed E-state index contributed by atoms with van der Waals surface area (Å²) in [6.45, 7) is 5.34. The van der Waals surface area contributed by atoms with Crippen molar-refractivity contribution in [1.29, 1.82) is 0 Å². The number of aliphatic imine (C=N–C) groups is 1. The lowest BCUT2D eigenvalue weighted by molar-refractivity contribution is 0.136. The molecule has 0 aromatic heterocycles. The van der Waals surface area contributed by atoms with E-state index in [0.29, 0.717) is 12.5 Å². The zero-order valence-electron chi connectivity index (χ0n) is 16.5. The van der Waals surface area contributed by atoms with Crippen LogP contribution in [0.4, 0.5) is 0 Å². The molecule has 2 aliphatic rings. The normalized spacial score (nSPS) is 22.1. The molecule has 0 spiro atoms. The van der Waals surface area contributed by atoms with Gasteiger partial charge in [-0.3, -0.25) is 4.99 Å². The third kappa shape index (κ3) is 5.19. The van der Waals surface area contributed by atoms with Crippen LogP contribution in [-0.4, -0.2) is 55.9 Å². The fourth-order valence-corrected chi connectivity index (χ4v) is 3.92. The van der Waals surface area contributed by atoms with Gasteiger partial charge in [0.2, 0.25) is 0 Å². The lowest BCUT2D eigenvalue weighted by Gasteiger charge is -2.32. The number of aliphatic hydroxyl groups excluding tert-OH is 1. The second kappa shape index (κ2) is 10.4. The predicted octanol–water partition coefficient (Wildman–Crippen LogP) is 2.81. The Morgan fingerprint density at radius 1 is 1.22 bits per heavy atom. The molecule has 2 N–H and O–H groups in total. The molecular weight excluding hydrogens is 457 g/mol. The number of aliphatic hydroxyl groups is 1. The van der Waals surface area contributed by atoms with Crippen LogP contribution in [0, 0.1) is 5.92 Å². The zero-order chi connectivity index (χ0) is 18.5. The largest absolute Gasteiger partial charge is 0.493 e. The van der Waals surface area contributed by atoms with Crippen LogP contribution in [-0.2, 0) is 13.0 Å². The molecule has 0 radical (unpaired) electrons. The monoisotopic (exact) mass is 489 g/mol. The third-order valence-corrected chi connectivity index (χ3v) is 5.45. The first-order chi connectivity index (χ1) is 12.7. The van der Waals surface area contributed by atoms with E-state index < -0.39 is 0 Å². The van der Waals surface area contributed by atoms with Crippen molar-refractivity contribution in [3.8, 4) is 11.5 Å². The fourth-order valence-electron chi connectivity index (χ4n) is 3.92. The number of nitrogens with one attached hydrogen (secondary N) is 1. The molecule has 3 rings (SSSR count). The first-order valence-corrected chi connectivity index (χ1v) is 9.61. The summed E-state index contributed by atoms with van der Waals surface area (Å²) >= 11 is 0. The minimum Gasteiger partial charge on any atom is -0.493 e. The molecule has 0 bridgehead atoms. The standard InChI is InChI=1S/C20H31N3O3.HI/c1-4-21-20(22-12-15-6-5-7-17(15)24)23-9-8-14-10-18(25-2)19(26-3)11-16(14)13-23;/h10-11,15,17,24H,4-9,12-13H2,1-3H3,(H,21,22);1H. The summed E-state index contributed by atoms with van der Waals surface area (Å²) in [4.78, 5) is 7.13. The smallest absolute Gasteiger partial charge is 0.194 e. The number of ether oxygens (including phenoxy) is 2. The van der Waals surface area contributed by atoms with Crippen molar-refractivity contribution >= 4 is 29.9 Å². The second-order valence-corrected chi connectivity index (χ2v) is 7.10. The highest BCUT2D eigenvalue weighted by molar-refractivity contribution is 14.0. The van der Waals surface area contributed by atoms with E-state index in [-0.39, 0.29) is 30.1 Å². The molecular formula is C20H32IN3O3. The molecule has 1 aliphatic carbocycles. The average molecular weight is 489 g/mol. The summed E-state index contributed by atoms with van der Waals surface area (Å²) in [6.07, 6.45) is 3.85. The van der Waals surface area contributed by atoms with Crippen LogP contribution in [0.1, 0.15) is 37.3 Å². The van der Waals surface area contributed by atoms with E-state index in [4.69, 9.17) is 14.5 Å². The maximum atomic E-state index is 10.1. The quantitative estimate of drug-likeness (QED) is 0.379. The van der Waals surface area contributed by atoms with Gasteiger partial charge in [0, 0.05) is 32.1 Å². The number of guanidine groups is 1. The van der Waals surface area contributed by atoms with E-state index >= 15 is 0 Å². The van der Waals surface area contributed by atoms with E-state index in [9.17, 15) is 5.11 Å². The van der Waals surface area contributed by atoms with Crippen LogP contribution in [0.15, 0.2) is 17.1 Å². The van der Waals surface area contributed by atoms with E-state index in [1.807, 2.05) is 0 Å². The highest BCUT2D eigenvalue weighted by Crippen LogP contribution is 2.33. The van der Waals surface area contributed by atoms with Gasteiger partial charge in [-0.2, -0.15) is 0 Å². The minimum absolute atomic E-state index is 0. The van der Waals surface area contributed by atoms with Crippen LogP contribution >= 0.6 is 24.0 Å².